The molecule has 19 heavy (non-hydrogen) atoms. The molecule has 0 saturated carbocycles. The Hall–Kier alpha value is -0.700. The molecule has 0 unspecified atom stereocenters. The number of hydrogen-bond acceptors (Lipinski definition) is 4. The second kappa shape index (κ2) is 6.17. The van der Waals surface area contributed by atoms with E-state index in [2.05, 4.69) is 41.8 Å². The average molecular weight is 424 g/mol. The maximum atomic E-state index is 11.9. The largest absolute Gasteiger partial charge is 0.276 e. The molecule has 1 aromatic heterocycles. The molecule has 0 saturated heterocycles. The monoisotopic (exact) mass is 422 g/mol. The third kappa shape index (κ3) is 4.13. The van der Waals surface area contributed by atoms with Crippen molar-refractivity contribution in [3.63, 3.8) is 0 Å². The zero-order valence-corrected chi connectivity index (χ0v) is 14.2. The molecule has 1 heterocycles. The van der Waals surface area contributed by atoms with Gasteiger partial charge in [-0.05, 0) is 52.3 Å². The Morgan fingerprint density at radius 1 is 1.11 bits per heavy atom. The van der Waals surface area contributed by atoms with Crippen LogP contribution in [0, 0.1) is 0 Å². The lowest BCUT2D eigenvalue weighted by Gasteiger charge is -2.02. The molecule has 0 aliphatic rings. The Balaban J connectivity index is 2.09. The van der Waals surface area contributed by atoms with Gasteiger partial charge in [0.15, 0.2) is 0 Å². The molecule has 0 bridgehead atoms. The Morgan fingerprint density at radius 3 is 2.37 bits per heavy atom. The van der Waals surface area contributed by atoms with Gasteiger partial charge in [0.25, 0.3) is 10.0 Å². The lowest BCUT2D eigenvalue weighted by atomic mass is 10.4. The lowest BCUT2D eigenvalue weighted by Crippen LogP contribution is -2.18. The summed E-state index contributed by atoms with van der Waals surface area (Å²) in [5, 5.41) is 3.74. The van der Waals surface area contributed by atoms with Crippen molar-refractivity contribution in [1.29, 1.82) is 0 Å². The minimum atomic E-state index is -3.62. The highest BCUT2D eigenvalue weighted by Gasteiger charge is 2.11. The number of halogens is 2. The van der Waals surface area contributed by atoms with E-state index in [-0.39, 0.29) is 4.90 Å². The van der Waals surface area contributed by atoms with Crippen LogP contribution in [0.15, 0.2) is 54.7 Å². The van der Waals surface area contributed by atoms with Gasteiger partial charge in [0.2, 0.25) is 0 Å². The van der Waals surface area contributed by atoms with Crippen LogP contribution in [0.1, 0.15) is 4.88 Å². The van der Waals surface area contributed by atoms with Crippen LogP contribution in [0.25, 0.3) is 0 Å². The van der Waals surface area contributed by atoms with Crippen LogP contribution in [0.5, 0.6) is 0 Å². The minimum Gasteiger partial charge on any atom is -0.200 e. The van der Waals surface area contributed by atoms with E-state index in [0.717, 1.165) is 13.1 Å². The Labute approximate surface area is 131 Å². The SMILES string of the molecule is O=S(=O)(NN=Cc1ccc(Br)s1)c1ccc(Br)cc1. The van der Waals surface area contributed by atoms with Gasteiger partial charge in [-0.25, -0.2) is 4.83 Å². The quantitative estimate of drug-likeness (QED) is 0.603. The van der Waals surface area contributed by atoms with E-state index in [9.17, 15) is 8.42 Å². The van der Waals surface area contributed by atoms with E-state index in [1.807, 2.05) is 12.1 Å². The fourth-order valence-corrected chi connectivity index (χ4v) is 3.57. The molecule has 0 fully saturated rings. The van der Waals surface area contributed by atoms with Crippen LogP contribution >= 0.6 is 43.2 Å². The zero-order valence-electron chi connectivity index (χ0n) is 9.38. The van der Waals surface area contributed by atoms with Crippen molar-refractivity contribution in [2.75, 3.05) is 0 Å². The van der Waals surface area contributed by atoms with Crippen molar-refractivity contribution in [3.8, 4) is 0 Å². The Kier molecular flexibility index (Phi) is 4.77. The molecule has 2 aromatic rings. The number of hydrogen-bond donors (Lipinski definition) is 1. The van der Waals surface area contributed by atoms with Gasteiger partial charge in [0.05, 0.1) is 14.9 Å². The van der Waals surface area contributed by atoms with Crippen LogP contribution in [0.4, 0.5) is 0 Å². The normalized spacial score (nSPS) is 11.9. The molecule has 4 nitrogen and oxygen atoms in total. The summed E-state index contributed by atoms with van der Waals surface area (Å²) in [7, 11) is -3.62. The number of thiophene rings is 1. The summed E-state index contributed by atoms with van der Waals surface area (Å²) in [6.07, 6.45) is 1.46. The molecule has 1 N–H and O–H groups in total. The van der Waals surface area contributed by atoms with Gasteiger partial charge in [-0.3, -0.25) is 0 Å². The number of sulfonamides is 1. The van der Waals surface area contributed by atoms with Crippen molar-refractivity contribution >= 4 is 59.4 Å². The molecule has 0 aliphatic heterocycles. The van der Waals surface area contributed by atoms with Crippen molar-refractivity contribution in [1.82, 2.24) is 4.83 Å². The Morgan fingerprint density at radius 2 is 1.79 bits per heavy atom. The summed E-state index contributed by atoms with van der Waals surface area (Å²) >= 11 is 8.03. The number of rotatable bonds is 4. The van der Waals surface area contributed by atoms with Gasteiger partial charge >= 0.3 is 0 Å². The second-order valence-corrected chi connectivity index (χ2v) is 8.52. The molecule has 0 radical (unpaired) electrons. The summed E-state index contributed by atoms with van der Waals surface area (Å²) < 4.78 is 25.6. The molecule has 1 aromatic carbocycles. The summed E-state index contributed by atoms with van der Waals surface area (Å²) in [6, 6.07) is 10.0. The highest BCUT2D eigenvalue weighted by molar-refractivity contribution is 9.11. The highest BCUT2D eigenvalue weighted by atomic mass is 79.9. The van der Waals surface area contributed by atoms with E-state index in [1.54, 1.807) is 12.1 Å². The van der Waals surface area contributed by atoms with Gasteiger partial charge in [-0.1, -0.05) is 15.9 Å². The van der Waals surface area contributed by atoms with Crippen LogP contribution in [0.3, 0.4) is 0 Å². The standard InChI is InChI=1S/C11H8Br2N2O2S2/c12-8-1-4-10(5-2-8)19(16,17)15-14-7-9-3-6-11(13)18-9/h1-7,15H. The van der Waals surface area contributed by atoms with Gasteiger partial charge in [-0.2, -0.15) is 13.5 Å². The van der Waals surface area contributed by atoms with E-state index >= 15 is 0 Å². The first-order valence-electron chi connectivity index (χ1n) is 5.03. The van der Waals surface area contributed by atoms with Gasteiger partial charge in [0, 0.05) is 9.35 Å². The smallest absolute Gasteiger partial charge is 0.200 e. The van der Waals surface area contributed by atoms with Crippen LogP contribution in [0.2, 0.25) is 0 Å². The predicted octanol–water partition coefficient (Wildman–Crippen LogP) is 3.59. The van der Waals surface area contributed by atoms with Gasteiger partial charge < -0.3 is 0 Å². The van der Waals surface area contributed by atoms with E-state index in [1.165, 1.54) is 29.7 Å². The molecular weight excluding hydrogens is 416 g/mol. The third-order valence-electron chi connectivity index (χ3n) is 2.08. The van der Waals surface area contributed by atoms with Crippen LogP contribution < -0.4 is 4.83 Å². The first kappa shape index (κ1) is 14.7. The fraction of sp³-hybridized carbons (Fsp3) is 0. The maximum absolute atomic E-state index is 11.9. The molecule has 0 spiro atoms. The predicted molar refractivity (Wildman–Crippen MR) is 84.1 cm³/mol. The topological polar surface area (TPSA) is 58.5 Å². The molecule has 0 atom stereocenters. The van der Waals surface area contributed by atoms with Gasteiger partial charge in [-0.15, -0.1) is 11.3 Å². The van der Waals surface area contributed by atoms with Crippen molar-refractivity contribution in [3.05, 3.63) is 49.5 Å². The van der Waals surface area contributed by atoms with Crippen molar-refractivity contribution < 1.29 is 8.42 Å². The zero-order chi connectivity index (χ0) is 13.9. The number of nitrogens with one attached hydrogen (secondary N) is 1. The molecule has 2 rings (SSSR count). The number of hydrazone groups is 1. The molecule has 0 amide bonds. The van der Waals surface area contributed by atoms with Crippen LogP contribution in [-0.2, 0) is 10.0 Å². The van der Waals surface area contributed by atoms with Gasteiger partial charge in [0.1, 0.15) is 0 Å². The number of benzene rings is 1. The summed E-state index contributed by atoms with van der Waals surface area (Å²) in [4.78, 5) is 3.19. The highest BCUT2D eigenvalue weighted by Crippen LogP contribution is 2.20. The maximum Gasteiger partial charge on any atom is 0.276 e. The molecular formula is C11H8Br2N2O2S2. The molecule has 8 heteroatoms. The van der Waals surface area contributed by atoms with Crippen LogP contribution in [-0.4, -0.2) is 14.6 Å². The van der Waals surface area contributed by atoms with E-state index < -0.39 is 10.0 Å². The molecule has 0 aliphatic carbocycles. The fourth-order valence-electron chi connectivity index (χ4n) is 1.22. The lowest BCUT2D eigenvalue weighted by molar-refractivity contribution is 0.584. The number of nitrogens with zero attached hydrogens (tertiary/aromatic N) is 1. The second-order valence-electron chi connectivity index (χ2n) is 3.45. The minimum absolute atomic E-state index is 0.167. The summed E-state index contributed by atoms with van der Waals surface area (Å²) in [6.45, 7) is 0. The average Bonchev–Trinajstić information content (AvgIpc) is 2.75. The first-order valence-corrected chi connectivity index (χ1v) is 8.92. The van der Waals surface area contributed by atoms with Crippen molar-refractivity contribution in [2.24, 2.45) is 5.10 Å². The first-order chi connectivity index (χ1) is 8.97. The van der Waals surface area contributed by atoms with Crippen molar-refractivity contribution in [2.45, 2.75) is 4.90 Å². The third-order valence-corrected chi connectivity index (χ3v) is 5.41. The summed E-state index contributed by atoms with van der Waals surface area (Å²) in [5.74, 6) is 0. The summed E-state index contributed by atoms with van der Waals surface area (Å²) in [5.41, 5.74) is 0. The van der Waals surface area contributed by atoms with E-state index in [0.29, 0.717) is 0 Å². The Bertz CT molecular complexity index is 694. The molecule has 100 valence electrons. The van der Waals surface area contributed by atoms with E-state index in [4.69, 9.17) is 0 Å².